The van der Waals surface area contributed by atoms with E-state index in [2.05, 4.69) is 10.3 Å². The highest BCUT2D eigenvalue weighted by Crippen LogP contribution is 2.17. The molecule has 0 saturated carbocycles. The van der Waals surface area contributed by atoms with E-state index in [1.807, 2.05) is 43.8 Å². The minimum absolute atomic E-state index is 0.166. The molecule has 0 aliphatic carbocycles. The van der Waals surface area contributed by atoms with E-state index in [4.69, 9.17) is 10.5 Å². The van der Waals surface area contributed by atoms with Gasteiger partial charge in [-0.3, -0.25) is 4.79 Å². The van der Waals surface area contributed by atoms with E-state index in [0.717, 1.165) is 11.6 Å². The van der Waals surface area contributed by atoms with Gasteiger partial charge < -0.3 is 20.4 Å². The van der Waals surface area contributed by atoms with Gasteiger partial charge in [-0.1, -0.05) is 13.8 Å². The number of imidazole rings is 1. The van der Waals surface area contributed by atoms with Crippen LogP contribution in [-0.2, 0) is 18.4 Å². The molecule has 1 aromatic heterocycles. The molecule has 0 aliphatic rings. The predicted molar refractivity (Wildman–Crippen MR) is 90.0 cm³/mol. The summed E-state index contributed by atoms with van der Waals surface area (Å²) in [5, 5.41) is 2.82. The molecule has 0 aliphatic heterocycles. The van der Waals surface area contributed by atoms with Gasteiger partial charge in [-0.25, -0.2) is 4.98 Å². The number of carbonyl (C=O) groups excluding carboxylic acids is 1. The van der Waals surface area contributed by atoms with Crippen molar-refractivity contribution < 1.29 is 9.53 Å². The molecule has 2 rings (SSSR count). The Kier molecular flexibility index (Phi) is 5.76. The molecule has 0 radical (unpaired) electrons. The van der Waals surface area contributed by atoms with Gasteiger partial charge in [0.05, 0.1) is 6.04 Å². The van der Waals surface area contributed by atoms with Gasteiger partial charge in [-0.15, -0.1) is 0 Å². The number of carbonyl (C=O) groups is 1. The van der Waals surface area contributed by atoms with Crippen LogP contribution < -0.4 is 15.8 Å². The Morgan fingerprint density at radius 3 is 2.61 bits per heavy atom. The zero-order chi connectivity index (χ0) is 16.8. The fourth-order valence-electron chi connectivity index (χ4n) is 2.17. The van der Waals surface area contributed by atoms with Crippen LogP contribution in [0.15, 0.2) is 36.7 Å². The molecular formula is C17H24N4O2. The predicted octanol–water partition coefficient (Wildman–Crippen LogP) is 2.31. The maximum Gasteiger partial charge on any atom is 0.241 e. The molecular weight excluding hydrogens is 292 g/mol. The van der Waals surface area contributed by atoms with E-state index in [1.165, 1.54) is 0 Å². The van der Waals surface area contributed by atoms with Gasteiger partial charge in [0.2, 0.25) is 5.91 Å². The van der Waals surface area contributed by atoms with E-state index in [-0.39, 0.29) is 5.91 Å². The van der Waals surface area contributed by atoms with Crippen molar-refractivity contribution in [2.24, 2.45) is 18.7 Å². The van der Waals surface area contributed by atoms with Crippen LogP contribution in [0.3, 0.4) is 0 Å². The first-order valence-electron chi connectivity index (χ1n) is 7.71. The van der Waals surface area contributed by atoms with Crippen molar-refractivity contribution in [1.29, 1.82) is 0 Å². The average molecular weight is 316 g/mol. The summed E-state index contributed by atoms with van der Waals surface area (Å²) in [7, 11) is 1.92. The molecule has 2 aromatic rings. The Morgan fingerprint density at radius 2 is 2.04 bits per heavy atom. The molecule has 6 heteroatoms. The number of rotatable bonds is 7. The first kappa shape index (κ1) is 17.0. The minimum Gasteiger partial charge on any atom is -0.486 e. The number of benzene rings is 1. The molecule has 0 bridgehead atoms. The summed E-state index contributed by atoms with van der Waals surface area (Å²) in [6.07, 6.45) is 4.27. The first-order chi connectivity index (χ1) is 11.0. The highest BCUT2D eigenvalue weighted by atomic mass is 16.5. The molecule has 1 aromatic carbocycles. The number of hydrogen-bond acceptors (Lipinski definition) is 4. The molecule has 0 spiro atoms. The number of amides is 1. The van der Waals surface area contributed by atoms with Gasteiger partial charge in [0.15, 0.2) is 0 Å². The highest BCUT2D eigenvalue weighted by Gasteiger charge is 2.14. The summed E-state index contributed by atoms with van der Waals surface area (Å²) < 4.78 is 7.58. The lowest BCUT2D eigenvalue weighted by Crippen LogP contribution is -2.36. The fraction of sp³-hybridized carbons (Fsp3) is 0.412. The molecule has 1 atom stereocenters. The zero-order valence-corrected chi connectivity index (χ0v) is 13.8. The standard InChI is InChI=1S/C17H24N4O2/c1-12(2)10-15(18)17(22)20-13-4-6-14(7-5-13)23-11-16-19-8-9-21(16)3/h4-9,12,15H,10-11,18H2,1-3H3,(H,20,22)/t15-/m0/s1. The van der Waals surface area contributed by atoms with Crippen LogP contribution in [0.2, 0.25) is 0 Å². The molecule has 1 amide bonds. The van der Waals surface area contributed by atoms with Crippen molar-refractivity contribution >= 4 is 11.6 Å². The number of nitrogens with zero attached hydrogens (tertiary/aromatic N) is 2. The van der Waals surface area contributed by atoms with Gasteiger partial charge in [0.25, 0.3) is 0 Å². The van der Waals surface area contributed by atoms with Crippen molar-refractivity contribution in [3.8, 4) is 5.75 Å². The van der Waals surface area contributed by atoms with E-state index in [1.54, 1.807) is 18.3 Å². The maximum atomic E-state index is 12.0. The smallest absolute Gasteiger partial charge is 0.241 e. The molecule has 3 N–H and O–H groups in total. The molecule has 124 valence electrons. The van der Waals surface area contributed by atoms with Gasteiger partial charge in [-0.2, -0.15) is 0 Å². The van der Waals surface area contributed by atoms with Crippen LogP contribution in [0.5, 0.6) is 5.75 Å². The Hall–Kier alpha value is -2.34. The number of nitrogens with one attached hydrogen (secondary N) is 1. The van der Waals surface area contributed by atoms with Crippen LogP contribution in [0.4, 0.5) is 5.69 Å². The van der Waals surface area contributed by atoms with E-state index in [9.17, 15) is 4.79 Å². The maximum absolute atomic E-state index is 12.0. The topological polar surface area (TPSA) is 82.2 Å². The second-order valence-corrected chi connectivity index (χ2v) is 5.99. The van der Waals surface area contributed by atoms with E-state index >= 15 is 0 Å². The number of aromatic nitrogens is 2. The number of ether oxygens (including phenoxy) is 1. The highest BCUT2D eigenvalue weighted by molar-refractivity contribution is 5.94. The van der Waals surface area contributed by atoms with Gasteiger partial charge >= 0.3 is 0 Å². The largest absolute Gasteiger partial charge is 0.486 e. The molecule has 23 heavy (non-hydrogen) atoms. The van der Waals surface area contributed by atoms with Crippen molar-refractivity contribution in [2.75, 3.05) is 5.32 Å². The van der Waals surface area contributed by atoms with Crippen molar-refractivity contribution in [2.45, 2.75) is 32.9 Å². The lowest BCUT2D eigenvalue weighted by atomic mass is 10.0. The lowest BCUT2D eigenvalue weighted by molar-refractivity contribution is -0.117. The average Bonchev–Trinajstić information content (AvgIpc) is 2.91. The Morgan fingerprint density at radius 1 is 1.35 bits per heavy atom. The monoisotopic (exact) mass is 316 g/mol. The Labute approximate surface area is 136 Å². The molecule has 0 fully saturated rings. The van der Waals surface area contributed by atoms with Crippen molar-refractivity contribution in [3.63, 3.8) is 0 Å². The van der Waals surface area contributed by atoms with E-state index in [0.29, 0.717) is 24.6 Å². The number of nitrogens with two attached hydrogens (primary N) is 1. The van der Waals surface area contributed by atoms with Gasteiger partial charge in [-0.05, 0) is 36.6 Å². The fourth-order valence-corrected chi connectivity index (χ4v) is 2.17. The van der Waals surface area contributed by atoms with E-state index < -0.39 is 6.04 Å². The molecule has 0 unspecified atom stereocenters. The number of hydrogen-bond donors (Lipinski definition) is 2. The normalized spacial score (nSPS) is 12.2. The van der Waals surface area contributed by atoms with Gasteiger partial charge in [0, 0.05) is 25.1 Å². The second-order valence-electron chi connectivity index (χ2n) is 5.99. The third-order valence-corrected chi connectivity index (χ3v) is 3.47. The van der Waals surface area contributed by atoms with Crippen LogP contribution in [0, 0.1) is 5.92 Å². The van der Waals surface area contributed by atoms with Crippen LogP contribution in [0.25, 0.3) is 0 Å². The molecule has 6 nitrogen and oxygen atoms in total. The Bertz CT molecular complexity index is 634. The summed E-state index contributed by atoms with van der Waals surface area (Å²) >= 11 is 0. The minimum atomic E-state index is -0.491. The summed E-state index contributed by atoms with van der Waals surface area (Å²) in [5.41, 5.74) is 6.57. The summed E-state index contributed by atoms with van der Waals surface area (Å²) in [4.78, 5) is 16.2. The number of aryl methyl sites for hydroxylation is 1. The lowest BCUT2D eigenvalue weighted by Gasteiger charge is -2.14. The summed E-state index contributed by atoms with van der Waals surface area (Å²) in [5.74, 6) is 1.79. The second kappa shape index (κ2) is 7.78. The third-order valence-electron chi connectivity index (χ3n) is 3.47. The van der Waals surface area contributed by atoms with Crippen LogP contribution in [0.1, 0.15) is 26.1 Å². The zero-order valence-electron chi connectivity index (χ0n) is 13.8. The Balaban J connectivity index is 1.87. The number of anilines is 1. The third kappa shape index (κ3) is 5.10. The van der Waals surface area contributed by atoms with Crippen molar-refractivity contribution in [1.82, 2.24) is 9.55 Å². The SMILES string of the molecule is CC(C)C[C@H](N)C(=O)Nc1ccc(OCc2nccn2C)cc1. The summed E-state index contributed by atoms with van der Waals surface area (Å²) in [6.45, 7) is 4.48. The first-order valence-corrected chi connectivity index (χ1v) is 7.71. The summed E-state index contributed by atoms with van der Waals surface area (Å²) in [6, 6.07) is 6.73. The van der Waals surface area contributed by atoms with Gasteiger partial charge in [0.1, 0.15) is 18.2 Å². The quantitative estimate of drug-likeness (QED) is 0.821. The van der Waals surface area contributed by atoms with Crippen LogP contribution in [-0.4, -0.2) is 21.5 Å². The molecule has 0 saturated heterocycles. The van der Waals surface area contributed by atoms with Crippen LogP contribution >= 0.6 is 0 Å². The molecule has 1 heterocycles. The van der Waals surface area contributed by atoms with Crippen molar-refractivity contribution in [3.05, 3.63) is 42.5 Å².